The van der Waals surface area contributed by atoms with E-state index in [4.69, 9.17) is 5.11 Å². The van der Waals surface area contributed by atoms with Crippen LogP contribution in [0.25, 0.3) is 0 Å². The number of hydrogen-bond acceptors (Lipinski definition) is 2. The molecular weight excluding hydrogens is 289 g/mol. The molecule has 1 aliphatic heterocycles. The van der Waals surface area contributed by atoms with Gasteiger partial charge in [0.25, 0.3) is 0 Å². The highest BCUT2D eigenvalue weighted by atomic mass is 19.4. The molecule has 1 heterocycles. The number of carbonyl (C=O) groups is 2. The van der Waals surface area contributed by atoms with Crippen LogP contribution in [0.5, 0.6) is 0 Å². The van der Waals surface area contributed by atoms with E-state index in [-0.39, 0.29) is 32.4 Å². The monoisotopic (exact) mass is 310 g/mol. The second-order valence-corrected chi connectivity index (χ2v) is 5.34. The van der Waals surface area contributed by atoms with Gasteiger partial charge < -0.3 is 15.3 Å². The molecule has 1 rings (SSSR count). The fraction of sp³-hybridized carbons (Fsp3) is 0.846. The van der Waals surface area contributed by atoms with Gasteiger partial charge in [-0.2, -0.15) is 13.2 Å². The van der Waals surface area contributed by atoms with Gasteiger partial charge in [-0.3, -0.25) is 4.79 Å². The second-order valence-electron chi connectivity index (χ2n) is 5.34. The number of carboxylic acids is 1. The minimum Gasteiger partial charge on any atom is -0.481 e. The van der Waals surface area contributed by atoms with Crippen LogP contribution < -0.4 is 5.32 Å². The van der Waals surface area contributed by atoms with E-state index in [0.29, 0.717) is 12.8 Å². The number of hydrogen-bond donors (Lipinski definition) is 2. The molecule has 0 aliphatic carbocycles. The molecule has 2 amide bonds. The zero-order valence-electron chi connectivity index (χ0n) is 11.9. The third kappa shape index (κ3) is 5.81. The van der Waals surface area contributed by atoms with Crippen LogP contribution in [-0.2, 0) is 4.79 Å². The van der Waals surface area contributed by atoms with E-state index in [2.05, 4.69) is 5.32 Å². The second kappa shape index (κ2) is 7.51. The van der Waals surface area contributed by atoms with Crippen molar-refractivity contribution >= 4 is 12.0 Å². The number of likely N-dealkylation sites (tertiary alicyclic amines) is 1. The molecule has 2 N–H and O–H groups in total. The highest BCUT2D eigenvalue weighted by Crippen LogP contribution is 2.34. The molecule has 1 aliphatic rings. The number of rotatable bonds is 5. The normalized spacial score (nSPS) is 18.4. The van der Waals surface area contributed by atoms with Gasteiger partial charge in [0.1, 0.15) is 0 Å². The first kappa shape index (κ1) is 17.6. The van der Waals surface area contributed by atoms with Gasteiger partial charge >= 0.3 is 18.2 Å². The van der Waals surface area contributed by atoms with Crippen molar-refractivity contribution in [3.8, 4) is 0 Å². The lowest BCUT2D eigenvalue weighted by atomic mass is 9.96. The number of nitrogens with zero attached hydrogens (tertiary/aromatic N) is 1. The van der Waals surface area contributed by atoms with Crippen LogP contribution in [-0.4, -0.2) is 47.3 Å². The molecule has 0 bridgehead atoms. The number of halogens is 3. The van der Waals surface area contributed by atoms with Crippen molar-refractivity contribution in [3.05, 3.63) is 0 Å². The molecule has 0 saturated carbocycles. The van der Waals surface area contributed by atoms with Crippen LogP contribution in [0.1, 0.15) is 39.0 Å². The number of amides is 2. The molecular formula is C13H21F3N2O3. The molecule has 122 valence electrons. The fourth-order valence-electron chi connectivity index (χ4n) is 2.46. The summed E-state index contributed by atoms with van der Waals surface area (Å²) in [6.07, 6.45) is -3.36. The van der Waals surface area contributed by atoms with Crippen molar-refractivity contribution in [2.45, 2.75) is 51.2 Å². The molecule has 0 aromatic heterocycles. The average Bonchev–Trinajstić information content (AvgIpc) is 2.37. The number of piperidine rings is 1. The summed E-state index contributed by atoms with van der Waals surface area (Å²) >= 11 is 0. The van der Waals surface area contributed by atoms with Crippen molar-refractivity contribution in [1.29, 1.82) is 0 Å². The number of carbonyl (C=O) groups excluding carboxylic acids is 1. The van der Waals surface area contributed by atoms with Crippen LogP contribution >= 0.6 is 0 Å². The quantitative estimate of drug-likeness (QED) is 0.820. The maximum atomic E-state index is 12.5. The molecule has 1 atom stereocenters. The highest BCUT2D eigenvalue weighted by Gasteiger charge is 2.41. The van der Waals surface area contributed by atoms with Crippen LogP contribution in [0, 0.1) is 5.92 Å². The number of alkyl halides is 3. The molecule has 0 aromatic rings. The van der Waals surface area contributed by atoms with Crippen molar-refractivity contribution in [2.75, 3.05) is 13.1 Å². The Hall–Kier alpha value is -1.47. The average molecular weight is 310 g/mol. The maximum Gasteiger partial charge on any atom is 0.391 e. The van der Waals surface area contributed by atoms with E-state index in [1.54, 1.807) is 0 Å². The molecule has 1 saturated heterocycles. The predicted octanol–water partition coefficient (Wildman–Crippen LogP) is 2.61. The van der Waals surface area contributed by atoms with E-state index in [1.807, 2.05) is 6.92 Å². The van der Waals surface area contributed by atoms with Crippen molar-refractivity contribution in [3.63, 3.8) is 0 Å². The third-order valence-corrected chi connectivity index (χ3v) is 3.63. The Bertz CT molecular complexity index is 366. The van der Waals surface area contributed by atoms with Gasteiger partial charge in [-0.05, 0) is 19.3 Å². The van der Waals surface area contributed by atoms with E-state index >= 15 is 0 Å². The lowest BCUT2D eigenvalue weighted by molar-refractivity contribution is -0.183. The Morgan fingerprint density at radius 1 is 1.33 bits per heavy atom. The SMILES string of the molecule is CCCC(CC(=O)O)NC(=O)N1CCC(C(F)(F)F)CC1. The summed E-state index contributed by atoms with van der Waals surface area (Å²) in [5.74, 6) is -2.36. The first-order valence-electron chi connectivity index (χ1n) is 7.08. The molecule has 1 fully saturated rings. The van der Waals surface area contributed by atoms with Crippen LogP contribution in [0.3, 0.4) is 0 Å². The summed E-state index contributed by atoms with van der Waals surface area (Å²) in [6, 6.07) is -0.962. The fourth-order valence-corrected chi connectivity index (χ4v) is 2.46. The topological polar surface area (TPSA) is 69.6 Å². The van der Waals surface area contributed by atoms with Gasteiger partial charge in [-0.1, -0.05) is 13.3 Å². The number of carboxylic acid groups (broad SMARTS) is 1. The standard InChI is InChI=1S/C13H21F3N2O3/c1-2-3-10(8-11(19)20)17-12(21)18-6-4-9(5-7-18)13(14,15)16/h9-10H,2-8H2,1H3,(H,17,21)(H,19,20). The summed E-state index contributed by atoms with van der Waals surface area (Å²) in [5.41, 5.74) is 0. The molecule has 21 heavy (non-hydrogen) atoms. The van der Waals surface area contributed by atoms with Crippen LogP contribution in [0.4, 0.5) is 18.0 Å². The third-order valence-electron chi connectivity index (χ3n) is 3.63. The zero-order chi connectivity index (χ0) is 16.0. The van der Waals surface area contributed by atoms with Gasteiger partial charge in [-0.25, -0.2) is 4.79 Å². The minimum absolute atomic E-state index is 0.0436. The zero-order valence-corrected chi connectivity index (χ0v) is 11.9. The number of urea groups is 1. The Kier molecular flexibility index (Phi) is 6.29. The van der Waals surface area contributed by atoms with Gasteiger partial charge in [0, 0.05) is 19.1 Å². The van der Waals surface area contributed by atoms with Crippen molar-refractivity contribution in [2.24, 2.45) is 5.92 Å². The molecule has 0 radical (unpaired) electrons. The van der Waals surface area contributed by atoms with Crippen LogP contribution in [0.2, 0.25) is 0 Å². The summed E-state index contributed by atoms with van der Waals surface area (Å²) < 4.78 is 37.6. The lowest BCUT2D eigenvalue weighted by Crippen LogP contribution is -2.49. The van der Waals surface area contributed by atoms with Gasteiger partial charge in [0.15, 0.2) is 0 Å². The smallest absolute Gasteiger partial charge is 0.391 e. The largest absolute Gasteiger partial charge is 0.481 e. The Balaban J connectivity index is 2.47. The Labute approximate surface area is 121 Å². The molecule has 8 heteroatoms. The van der Waals surface area contributed by atoms with Crippen molar-refractivity contribution < 1.29 is 27.9 Å². The Morgan fingerprint density at radius 2 is 1.90 bits per heavy atom. The van der Waals surface area contributed by atoms with E-state index in [0.717, 1.165) is 0 Å². The highest BCUT2D eigenvalue weighted by molar-refractivity contribution is 5.76. The first-order valence-corrected chi connectivity index (χ1v) is 7.08. The van der Waals surface area contributed by atoms with Gasteiger partial charge in [-0.15, -0.1) is 0 Å². The van der Waals surface area contributed by atoms with Crippen molar-refractivity contribution in [1.82, 2.24) is 10.2 Å². The van der Waals surface area contributed by atoms with Gasteiger partial charge in [0.05, 0.1) is 12.3 Å². The predicted molar refractivity (Wildman–Crippen MR) is 69.8 cm³/mol. The van der Waals surface area contributed by atoms with E-state index in [1.165, 1.54) is 4.90 Å². The van der Waals surface area contributed by atoms with Gasteiger partial charge in [0.2, 0.25) is 0 Å². The summed E-state index contributed by atoms with van der Waals surface area (Å²) in [7, 11) is 0. The molecule has 1 unspecified atom stereocenters. The van der Waals surface area contributed by atoms with E-state index in [9.17, 15) is 22.8 Å². The minimum atomic E-state index is -4.21. The molecule has 0 aromatic carbocycles. The Morgan fingerprint density at radius 3 is 2.33 bits per heavy atom. The molecule has 0 spiro atoms. The first-order chi connectivity index (χ1) is 9.74. The summed E-state index contributed by atoms with van der Waals surface area (Å²) in [5, 5.41) is 11.4. The summed E-state index contributed by atoms with van der Waals surface area (Å²) in [4.78, 5) is 24.0. The maximum absolute atomic E-state index is 12.5. The number of aliphatic carboxylic acids is 1. The molecule has 5 nitrogen and oxygen atoms in total. The summed E-state index contributed by atoms with van der Waals surface area (Å²) in [6.45, 7) is 1.96. The lowest BCUT2D eigenvalue weighted by Gasteiger charge is -2.33. The van der Waals surface area contributed by atoms with Crippen LogP contribution in [0.15, 0.2) is 0 Å². The number of nitrogens with one attached hydrogen (secondary N) is 1. The van der Waals surface area contributed by atoms with E-state index < -0.39 is 30.1 Å².